The summed E-state index contributed by atoms with van der Waals surface area (Å²) >= 11 is 4.83. The van der Waals surface area contributed by atoms with Gasteiger partial charge in [0.25, 0.3) is 0 Å². The van der Waals surface area contributed by atoms with Crippen molar-refractivity contribution >= 4 is 28.8 Å². The van der Waals surface area contributed by atoms with Gasteiger partial charge in [0.15, 0.2) is 11.6 Å². The number of amides is 1. The van der Waals surface area contributed by atoms with Crippen molar-refractivity contribution in [3.05, 3.63) is 29.6 Å². The van der Waals surface area contributed by atoms with Gasteiger partial charge in [-0.1, -0.05) is 18.6 Å². The van der Waals surface area contributed by atoms with Crippen molar-refractivity contribution in [3.63, 3.8) is 0 Å². The lowest BCUT2D eigenvalue weighted by molar-refractivity contribution is -0.125. The summed E-state index contributed by atoms with van der Waals surface area (Å²) < 4.78 is 39.6. The lowest BCUT2D eigenvalue weighted by Crippen LogP contribution is -2.50. The Hall–Kier alpha value is -1.63. The zero-order valence-electron chi connectivity index (χ0n) is 9.80. The Morgan fingerprint density at radius 2 is 1.79 bits per heavy atom. The van der Waals surface area contributed by atoms with Gasteiger partial charge in [0, 0.05) is 12.1 Å². The van der Waals surface area contributed by atoms with Crippen LogP contribution in [-0.4, -0.2) is 10.9 Å². The molecule has 0 heterocycles. The van der Waals surface area contributed by atoms with Gasteiger partial charge in [-0.25, -0.2) is 13.2 Å². The minimum Gasteiger partial charge on any atom is -0.392 e. The second-order valence-electron chi connectivity index (χ2n) is 4.50. The molecule has 3 nitrogen and oxygen atoms in total. The lowest BCUT2D eigenvalue weighted by atomic mass is 9.68. The Morgan fingerprint density at radius 1 is 1.26 bits per heavy atom. The molecule has 1 aromatic carbocycles. The predicted molar refractivity (Wildman–Crippen MR) is 68.0 cm³/mol. The molecular weight excluding hydrogens is 277 g/mol. The van der Waals surface area contributed by atoms with Gasteiger partial charge < -0.3 is 11.1 Å². The van der Waals surface area contributed by atoms with Crippen molar-refractivity contribution in [2.45, 2.75) is 19.3 Å². The van der Waals surface area contributed by atoms with Crippen LogP contribution in [0.15, 0.2) is 12.1 Å². The fourth-order valence-electron chi connectivity index (χ4n) is 2.01. The summed E-state index contributed by atoms with van der Waals surface area (Å²) in [6.07, 6.45) is 1.65. The smallest absolute Gasteiger partial charge is 0.237 e. The number of thiocarbonyl (C=S) groups is 1. The van der Waals surface area contributed by atoms with Gasteiger partial charge in [-0.05, 0) is 12.8 Å². The maximum absolute atomic E-state index is 13.4. The molecule has 0 unspecified atom stereocenters. The fourth-order valence-corrected chi connectivity index (χ4v) is 2.31. The van der Waals surface area contributed by atoms with Crippen molar-refractivity contribution < 1.29 is 18.0 Å². The molecule has 0 aromatic heterocycles. The van der Waals surface area contributed by atoms with E-state index in [-0.39, 0.29) is 4.99 Å². The molecule has 0 aliphatic heterocycles. The normalized spacial score (nSPS) is 16.6. The van der Waals surface area contributed by atoms with E-state index in [0.717, 1.165) is 6.42 Å². The molecule has 7 heteroatoms. The second kappa shape index (κ2) is 4.80. The molecule has 0 spiro atoms. The third-order valence-corrected chi connectivity index (χ3v) is 3.75. The predicted octanol–water partition coefficient (Wildman–Crippen LogP) is 2.50. The van der Waals surface area contributed by atoms with Gasteiger partial charge in [-0.15, -0.1) is 0 Å². The molecule has 19 heavy (non-hydrogen) atoms. The highest BCUT2D eigenvalue weighted by Gasteiger charge is 2.47. The van der Waals surface area contributed by atoms with Gasteiger partial charge in [-0.2, -0.15) is 0 Å². The minimum absolute atomic E-state index is 0.000761. The molecule has 102 valence electrons. The van der Waals surface area contributed by atoms with E-state index >= 15 is 0 Å². The Kier molecular flexibility index (Phi) is 3.49. The van der Waals surface area contributed by atoms with Gasteiger partial charge in [-0.3, -0.25) is 4.79 Å². The molecule has 1 aromatic rings. The molecule has 3 N–H and O–H groups in total. The highest BCUT2D eigenvalue weighted by Crippen LogP contribution is 2.42. The zero-order chi connectivity index (χ0) is 14.2. The fraction of sp³-hybridized carbons (Fsp3) is 0.333. The van der Waals surface area contributed by atoms with Crippen molar-refractivity contribution in [1.82, 2.24) is 0 Å². The van der Waals surface area contributed by atoms with Crippen LogP contribution in [0.25, 0.3) is 0 Å². The van der Waals surface area contributed by atoms with E-state index in [0.29, 0.717) is 25.0 Å². The van der Waals surface area contributed by atoms with E-state index in [1.807, 2.05) is 0 Å². The first-order chi connectivity index (χ1) is 8.86. The summed E-state index contributed by atoms with van der Waals surface area (Å²) in [6.45, 7) is 0. The van der Waals surface area contributed by atoms with Crippen molar-refractivity contribution in [2.24, 2.45) is 11.1 Å². The van der Waals surface area contributed by atoms with Crippen LogP contribution >= 0.6 is 12.2 Å². The highest BCUT2D eigenvalue weighted by molar-refractivity contribution is 7.80. The Labute approximate surface area is 113 Å². The molecule has 0 radical (unpaired) electrons. The van der Waals surface area contributed by atoms with Crippen LogP contribution in [0.5, 0.6) is 0 Å². The van der Waals surface area contributed by atoms with Crippen LogP contribution < -0.4 is 11.1 Å². The Bertz CT molecular complexity index is 535. The average molecular weight is 288 g/mol. The number of benzene rings is 1. The van der Waals surface area contributed by atoms with E-state index in [2.05, 4.69) is 5.32 Å². The second-order valence-corrected chi connectivity index (χ2v) is 4.94. The standard InChI is InChI=1S/C12H11F3N2OS/c13-6-4-7(14)9(8(15)5-6)17-11(18)12(10(16)19)2-1-3-12/h4-5H,1-3H2,(H2,16,19)(H,17,18). The summed E-state index contributed by atoms with van der Waals surface area (Å²) in [6, 6.07) is 0.986. The molecule has 1 amide bonds. The van der Waals surface area contributed by atoms with Crippen molar-refractivity contribution in [3.8, 4) is 0 Å². The van der Waals surface area contributed by atoms with Crippen molar-refractivity contribution in [2.75, 3.05) is 5.32 Å². The van der Waals surface area contributed by atoms with E-state index in [1.54, 1.807) is 0 Å². The third kappa shape index (κ3) is 2.30. The topological polar surface area (TPSA) is 55.1 Å². The number of nitrogens with one attached hydrogen (secondary N) is 1. The molecule has 0 bridgehead atoms. The SMILES string of the molecule is NC(=S)C1(C(=O)Nc2c(F)cc(F)cc2F)CCC1. The van der Waals surface area contributed by atoms with E-state index in [4.69, 9.17) is 18.0 Å². The number of hydrogen-bond donors (Lipinski definition) is 2. The number of nitrogens with two attached hydrogens (primary N) is 1. The monoisotopic (exact) mass is 288 g/mol. The molecule has 0 atom stereocenters. The molecule has 1 saturated carbocycles. The summed E-state index contributed by atoms with van der Waals surface area (Å²) in [4.78, 5) is 12.0. The van der Waals surface area contributed by atoms with Crippen LogP contribution in [-0.2, 0) is 4.79 Å². The van der Waals surface area contributed by atoms with E-state index in [1.165, 1.54) is 0 Å². The maximum Gasteiger partial charge on any atom is 0.237 e. The maximum atomic E-state index is 13.4. The van der Waals surface area contributed by atoms with E-state index in [9.17, 15) is 18.0 Å². The van der Waals surface area contributed by atoms with E-state index < -0.39 is 34.5 Å². The van der Waals surface area contributed by atoms with Crippen LogP contribution in [0.4, 0.5) is 18.9 Å². The van der Waals surface area contributed by atoms with Gasteiger partial charge in [0.1, 0.15) is 11.5 Å². The number of anilines is 1. The van der Waals surface area contributed by atoms with Crippen molar-refractivity contribution in [1.29, 1.82) is 0 Å². The molecule has 2 rings (SSSR count). The number of halogens is 3. The highest BCUT2D eigenvalue weighted by atomic mass is 32.1. The first-order valence-electron chi connectivity index (χ1n) is 5.63. The van der Waals surface area contributed by atoms with Gasteiger partial charge >= 0.3 is 0 Å². The summed E-state index contributed by atoms with van der Waals surface area (Å²) in [5, 5.41) is 2.11. The molecule has 1 aliphatic rings. The summed E-state index contributed by atoms with van der Waals surface area (Å²) in [7, 11) is 0. The lowest BCUT2D eigenvalue weighted by Gasteiger charge is -2.39. The third-order valence-electron chi connectivity index (χ3n) is 3.36. The number of hydrogen-bond acceptors (Lipinski definition) is 2. The van der Waals surface area contributed by atoms with Gasteiger partial charge in [0.05, 0.1) is 10.4 Å². The average Bonchev–Trinajstić information content (AvgIpc) is 2.20. The first kappa shape index (κ1) is 13.8. The molecule has 1 aliphatic carbocycles. The van der Waals surface area contributed by atoms with Crippen LogP contribution in [0.2, 0.25) is 0 Å². The summed E-state index contributed by atoms with van der Waals surface area (Å²) in [5.74, 6) is -4.07. The van der Waals surface area contributed by atoms with Gasteiger partial charge in [0.2, 0.25) is 5.91 Å². The number of rotatable bonds is 3. The molecule has 1 fully saturated rings. The quantitative estimate of drug-likeness (QED) is 0.840. The minimum atomic E-state index is -1.18. The molecule has 0 saturated heterocycles. The zero-order valence-corrected chi connectivity index (χ0v) is 10.6. The largest absolute Gasteiger partial charge is 0.392 e. The van der Waals surface area contributed by atoms with Crippen LogP contribution in [0.3, 0.4) is 0 Å². The molecular formula is C12H11F3N2OS. The summed E-state index contributed by atoms with van der Waals surface area (Å²) in [5.41, 5.74) is 3.77. The number of carbonyl (C=O) groups excluding carboxylic acids is 1. The van der Waals surface area contributed by atoms with Crippen LogP contribution in [0.1, 0.15) is 19.3 Å². The Balaban J connectivity index is 2.27. The number of carbonyl (C=O) groups is 1. The first-order valence-corrected chi connectivity index (χ1v) is 6.03. The van der Waals surface area contributed by atoms with Crippen LogP contribution in [0, 0.1) is 22.9 Å². The Morgan fingerprint density at radius 3 is 2.16 bits per heavy atom.